The Labute approximate surface area is 135 Å². The molecule has 4 heteroatoms. The van der Waals surface area contributed by atoms with E-state index in [0.717, 1.165) is 5.92 Å². The molecule has 22 heavy (non-hydrogen) atoms. The van der Waals surface area contributed by atoms with Crippen molar-refractivity contribution in [2.24, 2.45) is 11.3 Å². The van der Waals surface area contributed by atoms with Crippen molar-refractivity contribution >= 4 is 6.09 Å². The van der Waals surface area contributed by atoms with Crippen LogP contribution in [0.5, 0.6) is 0 Å². The van der Waals surface area contributed by atoms with Crippen LogP contribution in [0.4, 0.5) is 4.79 Å². The number of nitrogens with one attached hydrogen (secondary N) is 2. The van der Waals surface area contributed by atoms with Crippen LogP contribution >= 0.6 is 0 Å². The van der Waals surface area contributed by atoms with Crippen molar-refractivity contribution in [3.63, 3.8) is 0 Å². The van der Waals surface area contributed by atoms with Gasteiger partial charge in [-0.1, -0.05) is 20.3 Å². The largest absolute Gasteiger partial charge is 0.444 e. The molecule has 0 spiro atoms. The van der Waals surface area contributed by atoms with E-state index in [1.807, 2.05) is 20.8 Å². The molecule has 0 radical (unpaired) electrons. The molecule has 2 aliphatic carbocycles. The number of amides is 1. The minimum absolute atomic E-state index is 0.302. The zero-order chi connectivity index (χ0) is 16.4. The molecule has 2 N–H and O–H groups in total. The molecule has 2 saturated carbocycles. The lowest BCUT2D eigenvalue weighted by Crippen LogP contribution is -2.49. The number of rotatable bonds is 5. The van der Waals surface area contributed by atoms with E-state index in [2.05, 4.69) is 24.5 Å². The van der Waals surface area contributed by atoms with Crippen molar-refractivity contribution in [1.82, 2.24) is 10.6 Å². The van der Waals surface area contributed by atoms with Crippen molar-refractivity contribution in [3.8, 4) is 0 Å². The van der Waals surface area contributed by atoms with Crippen molar-refractivity contribution in [2.75, 3.05) is 6.54 Å². The lowest BCUT2D eigenvalue weighted by molar-refractivity contribution is 0.0518. The zero-order valence-corrected chi connectivity index (χ0v) is 15.0. The highest BCUT2D eigenvalue weighted by Crippen LogP contribution is 2.37. The maximum atomic E-state index is 11.8. The number of hydrogen-bond acceptors (Lipinski definition) is 3. The third-order valence-electron chi connectivity index (χ3n) is 4.71. The third-order valence-corrected chi connectivity index (χ3v) is 4.71. The molecule has 0 heterocycles. The third kappa shape index (κ3) is 6.15. The molecule has 2 aliphatic rings. The van der Waals surface area contributed by atoms with Gasteiger partial charge in [0.25, 0.3) is 0 Å². The summed E-state index contributed by atoms with van der Waals surface area (Å²) in [6.45, 7) is 11.1. The number of carbonyl (C=O) groups is 1. The summed E-state index contributed by atoms with van der Waals surface area (Å²) in [5.41, 5.74) is 0.0165. The number of ether oxygens (including phenoxy) is 1. The summed E-state index contributed by atoms with van der Waals surface area (Å²) >= 11 is 0. The standard InChI is InChI=1S/C18H34N2O2/c1-17(2,3)22-16(21)19-12-15(13-8-9-13)20-14-7-6-10-18(4,5)11-14/h13-15,20H,6-12H2,1-5H3,(H,19,21). The summed E-state index contributed by atoms with van der Waals surface area (Å²) in [4.78, 5) is 11.8. The smallest absolute Gasteiger partial charge is 0.407 e. The zero-order valence-electron chi connectivity index (χ0n) is 15.0. The molecular formula is C18H34N2O2. The van der Waals surface area contributed by atoms with Crippen molar-refractivity contribution < 1.29 is 9.53 Å². The Morgan fingerprint density at radius 1 is 1.27 bits per heavy atom. The van der Waals surface area contributed by atoms with E-state index in [-0.39, 0.29) is 6.09 Å². The maximum Gasteiger partial charge on any atom is 0.407 e. The summed E-state index contributed by atoms with van der Waals surface area (Å²) in [7, 11) is 0. The van der Waals surface area contributed by atoms with Crippen molar-refractivity contribution in [2.45, 2.75) is 90.8 Å². The monoisotopic (exact) mass is 310 g/mol. The second-order valence-corrected chi connectivity index (χ2v) is 8.95. The van der Waals surface area contributed by atoms with Gasteiger partial charge in [-0.2, -0.15) is 0 Å². The molecule has 2 atom stereocenters. The second kappa shape index (κ2) is 6.77. The summed E-state index contributed by atoms with van der Waals surface area (Å²) < 4.78 is 5.33. The Balaban J connectivity index is 1.79. The molecular weight excluding hydrogens is 276 g/mol. The van der Waals surface area contributed by atoms with Crippen LogP contribution in [0, 0.1) is 11.3 Å². The van der Waals surface area contributed by atoms with E-state index in [9.17, 15) is 4.79 Å². The van der Waals surface area contributed by atoms with E-state index in [0.29, 0.717) is 24.0 Å². The van der Waals surface area contributed by atoms with Gasteiger partial charge in [0, 0.05) is 18.6 Å². The molecule has 128 valence electrons. The maximum absolute atomic E-state index is 11.8. The topological polar surface area (TPSA) is 50.4 Å². The molecule has 2 fully saturated rings. The van der Waals surface area contributed by atoms with Gasteiger partial charge in [-0.3, -0.25) is 0 Å². The van der Waals surface area contributed by atoms with Crippen molar-refractivity contribution in [3.05, 3.63) is 0 Å². The van der Waals surface area contributed by atoms with Gasteiger partial charge >= 0.3 is 6.09 Å². The highest BCUT2D eigenvalue weighted by atomic mass is 16.6. The van der Waals surface area contributed by atoms with Crippen LogP contribution < -0.4 is 10.6 Å². The number of hydrogen-bond donors (Lipinski definition) is 2. The molecule has 1 amide bonds. The number of alkyl carbamates (subject to hydrolysis) is 1. The Morgan fingerprint density at radius 3 is 2.50 bits per heavy atom. The number of carbonyl (C=O) groups excluding carboxylic acids is 1. The molecule has 0 aromatic rings. The van der Waals surface area contributed by atoms with E-state index in [4.69, 9.17) is 4.74 Å². The van der Waals surface area contributed by atoms with E-state index >= 15 is 0 Å². The van der Waals surface area contributed by atoms with Gasteiger partial charge in [-0.05, 0) is 64.2 Å². The van der Waals surface area contributed by atoms with Crippen LogP contribution in [0.3, 0.4) is 0 Å². The molecule has 4 nitrogen and oxygen atoms in total. The Bertz CT molecular complexity index is 383. The first-order valence-corrected chi connectivity index (χ1v) is 8.87. The summed E-state index contributed by atoms with van der Waals surface area (Å²) in [6.07, 6.45) is 7.40. The molecule has 0 aromatic heterocycles. The highest BCUT2D eigenvalue weighted by Gasteiger charge is 2.35. The Morgan fingerprint density at radius 2 is 1.95 bits per heavy atom. The van der Waals surface area contributed by atoms with Gasteiger partial charge in [0.1, 0.15) is 5.60 Å². The molecule has 0 aliphatic heterocycles. The van der Waals surface area contributed by atoms with Gasteiger partial charge < -0.3 is 15.4 Å². The highest BCUT2D eigenvalue weighted by molar-refractivity contribution is 5.67. The molecule has 0 aromatic carbocycles. The fraction of sp³-hybridized carbons (Fsp3) is 0.944. The lowest BCUT2D eigenvalue weighted by atomic mass is 9.75. The first-order valence-electron chi connectivity index (χ1n) is 8.87. The molecule has 0 bridgehead atoms. The second-order valence-electron chi connectivity index (χ2n) is 8.95. The van der Waals surface area contributed by atoms with Crippen LogP contribution in [-0.2, 0) is 4.74 Å². The molecule has 0 saturated heterocycles. The summed E-state index contributed by atoms with van der Waals surface area (Å²) in [6, 6.07) is 0.987. The van der Waals surface area contributed by atoms with Gasteiger partial charge in [0.15, 0.2) is 0 Å². The normalized spacial score (nSPS) is 26.3. The van der Waals surface area contributed by atoms with Gasteiger partial charge in [0.05, 0.1) is 0 Å². The quantitative estimate of drug-likeness (QED) is 0.811. The van der Waals surface area contributed by atoms with Crippen LogP contribution in [0.2, 0.25) is 0 Å². The average molecular weight is 310 g/mol. The fourth-order valence-electron chi connectivity index (χ4n) is 3.51. The minimum Gasteiger partial charge on any atom is -0.444 e. The van der Waals surface area contributed by atoms with Crippen molar-refractivity contribution in [1.29, 1.82) is 0 Å². The predicted molar refractivity (Wildman–Crippen MR) is 89.9 cm³/mol. The summed E-state index contributed by atoms with van der Waals surface area (Å²) in [5.74, 6) is 0.722. The minimum atomic E-state index is -0.431. The van der Waals surface area contributed by atoms with Gasteiger partial charge in [-0.15, -0.1) is 0 Å². The average Bonchev–Trinajstić information content (AvgIpc) is 3.15. The van der Waals surface area contributed by atoms with E-state index in [1.165, 1.54) is 38.5 Å². The fourth-order valence-corrected chi connectivity index (χ4v) is 3.51. The first kappa shape index (κ1) is 17.6. The SMILES string of the molecule is CC1(C)CCCC(NC(CNC(=O)OC(C)(C)C)C2CC2)C1. The molecule has 2 rings (SSSR count). The van der Waals surface area contributed by atoms with Gasteiger partial charge in [0.2, 0.25) is 0 Å². The lowest BCUT2D eigenvalue weighted by Gasteiger charge is -2.37. The summed E-state index contributed by atoms with van der Waals surface area (Å²) in [5, 5.41) is 6.77. The van der Waals surface area contributed by atoms with Crippen LogP contribution in [-0.4, -0.2) is 30.3 Å². The van der Waals surface area contributed by atoms with Crippen LogP contribution in [0.25, 0.3) is 0 Å². The Kier molecular flexibility index (Phi) is 5.41. The van der Waals surface area contributed by atoms with E-state index < -0.39 is 5.60 Å². The molecule has 2 unspecified atom stereocenters. The first-order chi connectivity index (χ1) is 10.1. The van der Waals surface area contributed by atoms with E-state index in [1.54, 1.807) is 0 Å². The van der Waals surface area contributed by atoms with Crippen LogP contribution in [0.1, 0.15) is 73.1 Å². The van der Waals surface area contributed by atoms with Crippen LogP contribution in [0.15, 0.2) is 0 Å². The Hall–Kier alpha value is -0.770. The predicted octanol–water partition coefficient (Wildman–Crippen LogP) is 3.85. The van der Waals surface area contributed by atoms with Gasteiger partial charge in [-0.25, -0.2) is 4.79 Å².